The van der Waals surface area contributed by atoms with E-state index in [1.807, 2.05) is 0 Å². The van der Waals surface area contributed by atoms with Crippen molar-refractivity contribution in [3.8, 4) is 0 Å². The standard InChI is InChI=1S/C19H24N4O6S3/c1-12-21-14(11-31-12)19(26)23-8-6-13(22-32(27,28)17-4-3-9-30-17)10-15(23)18(25)20-7-5-16(24)29-2/h3-4,9,11,13,15,22H,5-8,10H2,1-2H3,(H,20,25)/t13-,15-/m0/s1. The van der Waals surface area contributed by atoms with E-state index in [-0.39, 0.29) is 41.7 Å². The predicted octanol–water partition coefficient (Wildman–Crippen LogP) is 1.14. The van der Waals surface area contributed by atoms with E-state index >= 15 is 0 Å². The number of likely N-dealkylation sites (tertiary alicyclic amines) is 1. The van der Waals surface area contributed by atoms with Crippen LogP contribution in [0.4, 0.5) is 0 Å². The van der Waals surface area contributed by atoms with E-state index in [0.29, 0.717) is 6.42 Å². The molecule has 2 N–H and O–H groups in total. The van der Waals surface area contributed by atoms with Crippen LogP contribution in [-0.4, -0.2) is 68.4 Å². The molecule has 3 rings (SSSR count). The number of ether oxygens (including phenoxy) is 1. The third-order valence-corrected chi connectivity index (χ3v) is 8.63. The molecule has 0 radical (unpaired) electrons. The molecule has 1 saturated heterocycles. The zero-order chi connectivity index (χ0) is 23.3. The lowest BCUT2D eigenvalue weighted by molar-refractivity contribution is -0.140. The van der Waals surface area contributed by atoms with E-state index in [0.717, 1.165) is 16.3 Å². The van der Waals surface area contributed by atoms with Gasteiger partial charge in [0.2, 0.25) is 15.9 Å². The number of thiazole rings is 1. The normalized spacial score (nSPS) is 18.9. The largest absolute Gasteiger partial charge is 0.469 e. The molecule has 0 aliphatic carbocycles. The van der Waals surface area contributed by atoms with Gasteiger partial charge in [-0.2, -0.15) is 0 Å². The molecule has 2 amide bonds. The van der Waals surface area contributed by atoms with Crippen LogP contribution in [0.2, 0.25) is 0 Å². The fourth-order valence-corrected chi connectivity index (χ4v) is 6.25. The third kappa shape index (κ3) is 5.91. The summed E-state index contributed by atoms with van der Waals surface area (Å²) in [7, 11) is -2.47. The van der Waals surface area contributed by atoms with E-state index in [1.54, 1.807) is 23.8 Å². The molecule has 0 aromatic carbocycles. The Morgan fingerprint density at radius 2 is 2.09 bits per heavy atom. The minimum atomic E-state index is -3.72. The number of amides is 2. The summed E-state index contributed by atoms with van der Waals surface area (Å²) in [6.45, 7) is 2.01. The summed E-state index contributed by atoms with van der Waals surface area (Å²) in [6.07, 6.45) is 0.442. The van der Waals surface area contributed by atoms with Crippen LogP contribution in [0, 0.1) is 6.92 Å². The summed E-state index contributed by atoms with van der Waals surface area (Å²) in [6, 6.07) is 1.72. The van der Waals surface area contributed by atoms with Gasteiger partial charge in [0.05, 0.1) is 18.5 Å². The lowest BCUT2D eigenvalue weighted by atomic mass is 9.96. The number of methoxy groups -OCH3 is 1. The second-order valence-corrected chi connectivity index (χ2v) is 11.1. The molecule has 1 fully saturated rings. The molecule has 10 nitrogen and oxygen atoms in total. The van der Waals surface area contributed by atoms with Crippen molar-refractivity contribution in [1.29, 1.82) is 0 Å². The van der Waals surface area contributed by atoms with Gasteiger partial charge in [0, 0.05) is 24.5 Å². The fraction of sp³-hybridized carbons (Fsp3) is 0.474. The number of piperidine rings is 1. The van der Waals surface area contributed by atoms with E-state index in [4.69, 9.17) is 0 Å². The second-order valence-electron chi connectivity index (χ2n) is 7.16. The SMILES string of the molecule is COC(=O)CCNC(=O)[C@@H]1C[C@@H](NS(=O)(=O)c2cccs2)CCN1C(=O)c1csc(C)n1. The Morgan fingerprint density at radius 1 is 1.31 bits per heavy atom. The average molecular weight is 501 g/mol. The Bertz CT molecular complexity index is 1070. The van der Waals surface area contributed by atoms with Crippen LogP contribution >= 0.6 is 22.7 Å². The lowest BCUT2D eigenvalue weighted by Gasteiger charge is -2.38. The van der Waals surface area contributed by atoms with Crippen LogP contribution in [0.1, 0.15) is 34.8 Å². The summed E-state index contributed by atoms with van der Waals surface area (Å²) in [4.78, 5) is 42.9. The highest BCUT2D eigenvalue weighted by atomic mass is 32.2. The second kappa shape index (κ2) is 10.5. The number of hydrogen-bond acceptors (Lipinski definition) is 9. The van der Waals surface area contributed by atoms with E-state index in [9.17, 15) is 22.8 Å². The topological polar surface area (TPSA) is 135 Å². The average Bonchev–Trinajstić information content (AvgIpc) is 3.45. The highest BCUT2D eigenvalue weighted by molar-refractivity contribution is 7.91. The minimum Gasteiger partial charge on any atom is -0.469 e. The van der Waals surface area contributed by atoms with E-state index in [1.165, 1.54) is 29.4 Å². The van der Waals surface area contributed by atoms with Gasteiger partial charge < -0.3 is 15.0 Å². The maximum Gasteiger partial charge on any atom is 0.307 e. The van der Waals surface area contributed by atoms with Crippen LogP contribution in [0.5, 0.6) is 0 Å². The molecule has 174 valence electrons. The molecule has 0 unspecified atom stereocenters. The Kier molecular flexibility index (Phi) is 7.98. The van der Waals surface area contributed by atoms with Crippen LogP contribution < -0.4 is 10.0 Å². The van der Waals surface area contributed by atoms with Crippen molar-refractivity contribution >= 4 is 50.5 Å². The molecule has 0 saturated carbocycles. The van der Waals surface area contributed by atoms with Crippen molar-refractivity contribution in [3.05, 3.63) is 33.6 Å². The lowest BCUT2D eigenvalue weighted by Crippen LogP contribution is -2.57. The number of hydrogen-bond donors (Lipinski definition) is 2. The molecule has 2 aromatic rings. The molecular formula is C19H24N4O6S3. The first kappa shape index (κ1) is 24.3. The number of rotatable bonds is 8. The van der Waals surface area contributed by atoms with Gasteiger partial charge in [0.15, 0.2) is 0 Å². The monoisotopic (exact) mass is 500 g/mol. The molecule has 2 aromatic heterocycles. The summed E-state index contributed by atoms with van der Waals surface area (Å²) >= 11 is 2.43. The first-order valence-electron chi connectivity index (χ1n) is 9.84. The van der Waals surface area contributed by atoms with Crippen LogP contribution in [0.15, 0.2) is 27.1 Å². The number of esters is 1. The summed E-state index contributed by atoms with van der Waals surface area (Å²) in [5.74, 6) is -1.32. The van der Waals surface area contributed by atoms with Gasteiger partial charge in [-0.05, 0) is 31.2 Å². The number of aryl methyl sites for hydroxylation is 1. The van der Waals surface area contributed by atoms with Crippen molar-refractivity contribution in [1.82, 2.24) is 19.9 Å². The maximum atomic E-state index is 13.0. The highest BCUT2D eigenvalue weighted by Gasteiger charge is 2.38. The quantitative estimate of drug-likeness (QED) is 0.519. The molecule has 1 aliphatic rings. The molecule has 1 aliphatic heterocycles. The van der Waals surface area contributed by atoms with Crippen molar-refractivity contribution in [2.75, 3.05) is 20.2 Å². The Hall–Kier alpha value is -2.35. The Balaban J connectivity index is 1.75. The molecule has 0 spiro atoms. The van der Waals surface area contributed by atoms with E-state index < -0.39 is 34.0 Å². The first-order chi connectivity index (χ1) is 15.2. The van der Waals surface area contributed by atoms with Crippen LogP contribution in [-0.2, 0) is 24.3 Å². The van der Waals surface area contributed by atoms with Gasteiger partial charge in [0.25, 0.3) is 5.91 Å². The van der Waals surface area contributed by atoms with Gasteiger partial charge in [-0.3, -0.25) is 14.4 Å². The molecule has 13 heteroatoms. The van der Waals surface area contributed by atoms with Gasteiger partial charge in [0.1, 0.15) is 15.9 Å². The zero-order valence-electron chi connectivity index (χ0n) is 17.6. The highest BCUT2D eigenvalue weighted by Crippen LogP contribution is 2.24. The minimum absolute atomic E-state index is 0.0113. The number of carbonyl (C=O) groups is 3. The van der Waals surface area contributed by atoms with Crippen LogP contribution in [0.25, 0.3) is 0 Å². The number of nitrogens with zero attached hydrogens (tertiary/aromatic N) is 2. The number of sulfonamides is 1. The number of aromatic nitrogens is 1. The summed E-state index contributed by atoms with van der Waals surface area (Å²) < 4.78 is 32.6. The van der Waals surface area contributed by atoms with Crippen LogP contribution in [0.3, 0.4) is 0 Å². The van der Waals surface area contributed by atoms with Gasteiger partial charge >= 0.3 is 5.97 Å². The number of thiophene rings is 1. The van der Waals surface area contributed by atoms with Gasteiger partial charge in [-0.15, -0.1) is 22.7 Å². The molecular weight excluding hydrogens is 476 g/mol. The summed E-state index contributed by atoms with van der Waals surface area (Å²) in [5.41, 5.74) is 0.248. The maximum absolute atomic E-state index is 13.0. The van der Waals surface area contributed by atoms with Crippen molar-refractivity contribution in [2.24, 2.45) is 0 Å². The van der Waals surface area contributed by atoms with Crippen molar-refractivity contribution in [3.63, 3.8) is 0 Å². The predicted molar refractivity (Wildman–Crippen MR) is 119 cm³/mol. The Morgan fingerprint density at radius 3 is 2.72 bits per heavy atom. The summed E-state index contributed by atoms with van der Waals surface area (Å²) in [5, 5.41) is 6.68. The van der Waals surface area contributed by atoms with Crippen molar-refractivity contribution < 1.29 is 27.5 Å². The molecule has 32 heavy (non-hydrogen) atoms. The zero-order valence-corrected chi connectivity index (χ0v) is 20.0. The first-order valence-corrected chi connectivity index (χ1v) is 13.1. The Labute approximate surface area is 194 Å². The number of nitrogens with one attached hydrogen (secondary N) is 2. The third-order valence-electron chi connectivity index (χ3n) is 4.94. The van der Waals surface area contributed by atoms with Gasteiger partial charge in [-0.1, -0.05) is 6.07 Å². The molecule has 3 heterocycles. The molecule has 0 bridgehead atoms. The van der Waals surface area contributed by atoms with E-state index in [2.05, 4.69) is 19.8 Å². The van der Waals surface area contributed by atoms with Crippen molar-refractivity contribution in [2.45, 2.75) is 42.5 Å². The molecule has 2 atom stereocenters. The smallest absolute Gasteiger partial charge is 0.307 e. The number of carbonyl (C=O) groups excluding carboxylic acids is 3. The van der Waals surface area contributed by atoms with Gasteiger partial charge in [-0.25, -0.2) is 18.1 Å². The fourth-order valence-electron chi connectivity index (χ4n) is 3.37.